The molecule has 0 N–H and O–H groups in total. The first-order chi connectivity index (χ1) is 14.7. The molecule has 166 valence electrons. The number of piperidine rings is 1. The molecular weight excluding hydrogens is 456 g/mol. The van der Waals surface area contributed by atoms with E-state index >= 15 is 0 Å². The highest BCUT2D eigenvalue weighted by Gasteiger charge is 2.34. The number of hydrogen-bond acceptors (Lipinski definition) is 5. The van der Waals surface area contributed by atoms with Gasteiger partial charge < -0.3 is 4.90 Å². The lowest BCUT2D eigenvalue weighted by atomic mass is 9.96. The first kappa shape index (κ1) is 23.7. The van der Waals surface area contributed by atoms with Gasteiger partial charge in [0.05, 0.1) is 15.8 Å². The quantitative estimate of drug-likeness (QED) is 0.418. The van der Waals surface area contributed by atoms with Gasteiger partial charge in [0.15, 0.2) is 5.78 Å². The molecule has 1 aliphatic heterocycles. The zero-order valence-electron chi connectivity index (χ0n) is 17.3. The van der Waals surface area contributed by atoms with Crippen molar-refractivity contribution in [2.75, 3.05) is 19.6 Å². The number of amides is 1. The normalized spacial score (nSPS) is 15.5. The molecule has 0 saturated carbocycles. The molecule has 0 spiro atoms. The maximum absolute atomic E-state index is 13.1. The molecule has 0 atom stereocenters. The van der Waals surface area contributed by atoms with Crippen molar-refractivity contribution in [2.45, 2.75) is 31.2 Å². The van der Waals surface area contributed by atoms with E-state index < -0.39 is 10.0 Å². The Morgan fingerprint density at radius 3 is 2.55 bits per heavy atom. The predicted octanol–water partition coefficient (Wildman–Crippen LogP) is 4.22. The van der Waals surface area contributed by atoms with Crippen molar-refractivity contribution in [3.8, 4) is 0 Å². The molecule has 0 radical (unpaired) electrons. The van der Waals surface area contributed by atoms with Crippen LogP contribution in [-0.2, 0) is 21.4 Å². The summed E-state index contributed by atoms with van der Waals surface area (Å²) in [4.78, 5) is 27.5. The van der Waals surface area contributed by atoms with E-state index in [0.717, 1.165) is 4.88 Å². The minimum Gasteiger partial charge on any atom is -0.334 e. The number of carbonyl (C=O) groups excluding carboxylic acids is 2. The number of benzene rings is 1. The lowest BCUT2D eigenvalue weighted by Gasteiger charge is -2.33. The number of hydrogen-bond donors (Lipinski definition) is 0. The first-order valence-electron chi connectivity index (χ1n) is 9.97. The van der Waals surface area contributed by atoms with E-state index in [9.17, 15) is 18.0 Å². The van der Waals surface area contributed by atoms with Gasteiger partial charge in [0, 0.05) is 36.0 Å². The highest BCUT2D eigenvalue weighted by Crippen LogP contribution is 2.28. The van der Waals surface area contributed by atoms with Crippen LogP contribution < -0.4 is 0 Å². The topological polar surface area (TPSA) is 74.8 Å². The molecule has 1 aromatic heterocycles. The van der Waals surface area contributed by atoms with Crippen LogP contribution in [0.4, 0.5) is 0 Å². The van der Waals surface area contributed by atoms with Crippen molar-refractivity contribution in [2.24, 2.45) is 5.92 Å². The molecule has 9 heteroatoms. The Morgan fingerprint density at radius 2 is 1.97 bits per heavy atom. The van der Waals surface area contributed by atoms with E-state index in [1.165, 1.54) is 34.7 Å². The summed E-state index contributed by atoms with van der Waals surface area (Å²) in [7, 11) is -3.72. The third-order valence-electron chi connectivity index (χ3n) is 5.32. The highest BCUT2D eigenvalue weighted by atomic mass is 35.5. The van der Waals surface area contributed by atoms with Crippen LogP contribution in [0.5, 0.6) is 0 Å². The van der Waals surface area contributed by atoms with Gasteiger partial charge in [0.1, 0.15) is 0 Å². The number of carbonyl (C=O) groups is 2. The first-order valence-corrected chi connectivity index (χ1v) is 12.6. The average Bonchev–Trinajstić information content (AvgIpc) is 3.17. The molecule has 6 nitrogen and oxygen atoms in total. The predicted molar refractivity (Wildman–Crippen MR) is 123 cm³/mol. The Morgan fingerprint density at radius 1 is 1.26 bits per heavy atom. The molecule has 1 fully saturated rings. The van der Waals surface area contributed by atoms with Crippen LogP contribution >= 0.6 is 22.9 Å². The largest absolute Gasteiger partial charge is 0.334 e. The summed E-state index contributed by atoms with van der Waals surface area (Å²) in [5.41, 5.74) is 0.361. The minimum atomic E-state index is -3.72. The number of rotatable bonds is 8. The minimum absolute atomic E-state index is 0.0000439. The van der Waals surface area contributed by atoms with Gasteiger partial charge in [-0.05, 0) is 44.0 Å². The molecule has 1 saturated heterocycles. The third kappa shape index (κ3) is 5.63. The summed E-state index contributed by atoms with van der Waals surface area (Å²) >= 11 is 7.44. The fourth-order valence-corrected chi connectivity index (χ4v) is 6.26. The molecule has 0 aliphatic carbocycles. The van der Waals surface area contributed by atoms with Crippen molar-refractivity contribution in [1.29, 1.82) is 0 Å². The van der Waals surface area contributed by atoms with Crippen LogP contribution in [0.25, 0.3) is 0 Å². The Bertz CT molecular complexity index is 1070. The zero-order chi connectivity index (χ0) is 22.6. The number of thiophene rings is 1. The van der Waals surface area contributed by atoms with Crippen molar-refractivity contribution in [1.82, 2.24) is 9.21 Å². The fourth-order valence-electron chi connectivity index (χ4n) is 3.64. The summed E-state index contributed by atoms with van der Waals surface area (Å²) < 4.78 is 28.1. The molecule has 2 heterocycles. The smallest absolute Gasteiger partial charge is 0.243 e. The van der Waals surface area contributed by atoms with E-state index in [0.29, 0.717) is 35.8 Å². The maximum Gasteiger partial charge on any atom is 0.243 e. The van der Waals surface area contributed by atoms with E-state index in [2.05, 4.69) is 6.58 Å². The van der Waals surface area contributed by atoms with Gasteiger partial charge in [-0.15, -0.1) is 17.9 Å². The fraction of sp³-hybridized carbons (Fsp3) is 0.364. The molecule has 1 aliphatic rings. The standard InChI is InChI=1S/C22H25ClN2O4S2/c1-3-11-24(15-19-7-8-21(23)30-19)22(27)17-9-12-25(13-10-17)31(28,29)20-6-4-5-18(14-20)16(2)26/h3-8,14,17H,1,9-13,15H2,2H3. The third-order valence-corrected chi connectivity index (χ3v) is 8.43. The second-order valence-electron chi connectivity index (χ2n) is 7.48. The van der Waals surface area contributed by atoms with E-state index in [1.807, 2.05) is 12.1 Å². The van der Waals surface area contributed by atoms with Crippen LogP contribution in [0.2, 0.25) is 4.34 Å². The van der Waals surface area contributed by atoms with Crippen LogP contribution in [-0.4, -0.2) is 48.9 Å². The average molecular weight is 481 g/mol. The van der Waals surface area contributed by atoms with Gasteiger partial charge in [-0.3, -0.25) is 9.59 Å². The number of sulfonamides is 1. The van der Waals surface area contributed by atoms with Crippen LogP contribution in [0.1, 0.15) is 35.0 Å². The number of halogens is 1. The van der Waals surface area contributed by atoms with Gasteiger partial charge in [0.2, 0.25) is 15.9 Å². The second kappa shape index (κ2) is 10.1. The molecule has 2 aromatic rings. The lowest BCUT2D eigenvalue weighted by Crippen LogP contribution is -2.44. The summed E-state index contributed by atoms with van der Waals surface area (Å²) in [6.07, 6.45) is 2.58. The van der Waals surface area contributed by atoms with Crippen molar-refractivity contribution < 1.29 is 18.0 Å². The Labute approximate surface area is 192 Å². The maximum atomic E-state index is 13.1. The van der Waals surface area contributed by atoms with Gasteiger partial charge in [-0.1, -0.05) is 29.8 Å². The molecule has 1 amide bonds. The highest BCUT2D eigenvalue weighted by molar-refractivity contribution is 7.89. The summed E-state index contributed by atoms with van der Waals surface area (Å²) in [5, 5.41) is 0. The van der Waals surface area contributed by atoms with Crippen molar-refractivity contribution in [3.05, 3.63) is 63.8 Å². The Kier molecular flexibility index (Phi) is 7.69. The summed E-state index contributed by atoms with van der Waals surface area (Å²) in [6.45, 7) is 6.55. The van der Waals surface area contributed by atoms with Gasteiger partial charge in [0.25, 0.3) is 0 Å². The summed E-state index contributed by atoms with van der Waals surface area (Å²) in [5.74, 6) is -0.430. The molecule has 1 aromatic carbocycles. The van der Waals surface area contributed by atoms with E-state index in [1.54, 1.807) is 23.1 Å². The number of ketones is 1. The van der Waals surface area contributed by atoms with Crippen molar-refractivity contribution >= 4 is 44.7 Å². The van der Waals surface area contributed by atoms with Gasteiger partial charge in [-0.2, -0.15) is 4.31 Å². The Hall–Kier alpha value is -2.00. The van der Waals surface area contributed by atoms with Crippen LogP contribution in [0.15, 0.2) is 53.9 Å². The lowest BCUT2D eigenvalue weighted by molar-refractivity contribution is -0.136. The molecule has 0 bridgehead atoms. The van der Waals surface area contributed by atoms with Gasteiger partial charge >= 0.3 is 0 Å². The van der Waals surface area contributed by atoms with Crippen LogP contribution in [0, 0.1) is 5.92 Å². The number of nitrogens with zero attached hydrogens (tertiary/aromatic N) is 2. The van der Waals surface area contributed by atoms with Crippen LogP contribution in [0.3, 0.4) is 0 Å². The van der Waals surface area contributed by atoms with Gasteiger partial charge in [-0.25, -0.2) is 8.42 Å². The summed E-state index contributed by atoms with van der Waals surface area (Å²) in [6, 6.07) is 9.79. The molecule has 3 rings (SSSR count). The second-order valence-corrected chi connectivity index (χ2v) is 11.2. The van der Waals surface area contributed by atoms with Crippen molar-refractivity contribution in [3.63, 3.8) is 0 Å². The van der Waals surface area contributed by atoms with E-state index in [-0.39, 0.29) is 35.6 Å². The van der Waals surface area contributed by atoms with E-state index in [4.69, 9.17) is 11.6 Å². The molecular formula is C22H25ClN2O4S2. The number of Topliss-reactive ketones (excluding diaryl/α,β-unsaturated/α-hetero) is 1. The molecule has 31 heavy (non-hydrogen) atoms. The monoisotopic (exact) mass is 480 g/mol. The Balaban J connectivity index is 1.67. The zero-order valence-corrected chi connectivity index (χ0v) is 19.7. The molecule has 0 unspecified atom stereocenters. The SMILES string of the molecule is C=CCN(Cc1ccc(Cl)s1)C(=O)C1CCN(S(=O)(=O)c2cccc(C(C)=O)c2)CC1.